The first kappa shape index (κ1) is 9.63. The van der Waals surface area contributed by atoms with Gasteiger partial charge in [0.15, 0.2) is 5.69 Å². The molecule has 0 saturated heterocycles. The molecular weight excluding hydrogens is 200 g/mol. The van der Waals surface area contributed by atoms with E-state index in [1.807, 2.05) is 6.92 Å². The van der Waals surface area contributed by atoms with E-state index in [0.29, 0.717) is 19.6 Å². The highest BCUT2D eigenvalue weighted by Crippen LogP contribution is 2.14. The van der Waals surface area contributed by atoms with Crippen LogP contribution in [0.25, 0.3) is 0 Å². The van der Waals surface area contributed by atoms with Crippen molar-refractivity contribution in [3.05, 3.63) is 11.4 Å². The molecule has 2 rings (SSSR count). The molecule has 0 atom stereocenters. The van der Waals surface area contributed by atoms with Crippen LogP contribution in [0.2, 0.25) is 0 Å². The lowest BCUT2D eigenvalue weighted by atomic mass is 10.2. The molecule has 0 spiro atoms. The Bertz CT molecular complexity index is 426. The fraction of sp³-hybridized carbons (Fsp3) is 0.500. The van der Waals surface area contributed by atoms with Crippen LogP contribution in [0.3, 0.4) is 0 Å². The average Bonchev–Trinajstić information content (AvgIpc) is 2.63. The summed E-state index contributed by atoms with van der Waals surface area (Å²) in [4.78, 5) is 24.2. The van der Waals surface area contributed by atoms with E-state index >= 15 is 0 Å². The predicted octanol–water partition coefficient (Wildman–Crippen LogP) is -0.548. The van der Waals surface area contributed by atoms with Crippen LogP contribution in [-0.2, 0) is 6.54 Å². The summed E-state index contributed by atoms with van der Waals surface area (Å²) in [6.07, 6.45) is 0. The van der Waals surface area contributed by atoms with Crippen molar-refractivity contribution in [1.82, 2.24) is 19.9 Å². The minimum Gasteiger partial charge on any atom is -0.476 e. The molecule has 1 aromatic rings. The second-order valence-corrected chi connectivity index (χ2v) is 3.20. The lowest BCUT2D eigenvalue weighted by Gasteiger charge is -2.25. The number of hydrogen-bond acceptors (Lipinski definition) is 4. The maximum absolute atomic E-state index is 11.8. The molecule has 1 N–H and O–H groups in total. The number of fused-ring (bicyclic) bond motifs is 1. The number of hydrogen-bond donors (Lipinski definition) is 1. The highest BCUT2D eigenvalue weighted by Gasteiger charge is 2.31. The smallest absolute Gasteiger partial charge is 0.358 e. The SMILES string of the molecule is CCN1CCn2nnc(C(=O)O)c2C1=O. The van der Waals surface area contributed by atoms with Crippen LogP contribution in [0.1, 0.15) is 27.9 Å². The molecule has 0 aromatic carbocycles. The van der Waals surface area contributed by atoms with Crippen LogP contribution < -0.4 is 0 Å². The third-order valence-electron chi connectivity index (χ3n) is 2.39. The van der Waals surface area contributed by atoms with Crippen molar-refractivity contribution in [3.8, 4) is 0 Å². The van der Waals surface area contributed by atoms with E-state index < -0.39 is 5.97 Å². The predicted molar refractivity (Wildman–Crippen MR) is 48.6 cm³/mol. The molecule has 80 valence electrons. The van der Waals surface area contributed by atoms with Crippen LogP contribution in [0.15, 0.2) is 0 Å². The summed E-state index contributed by atoms with van der Waals surface area (Å²) in [5.74, 6) is -1.53. The van der Waals surface area contributed by atoms with Gasteiger partial charge in [-0.2, -0.15) is 0 Å². The maximum atomic E-state index is 11.8. The molecule has 0 aliphatic carbocycles. The number of carboxylic acids is 1. The zero-order valence-corrected chi connectivity index (χ0v) is 8.17. The Labute approximate surface area is 85.3 Å². The Morgan fingerprint density at radius 3 is 2.87 bits per heavy atom. The number of nitrogens with zero attached hydrogens (tertiary/aromatic N) is 4. The molecule has 7 heteroatoms. The lowest BCUT2D eigenvalue weighted by Crippen LogP contribution is -2.40. The van der Waals surface area contributed by atoms with Gasteiger partial charge < -0.3 is 10.0 Å². The molecule has 1 amide bonds. The summed E-state index contributed by atoms with van der Waals surface area (Å²) in [6.45, 7) is 3.45. The van der Waals surface area contributed by atoms with Gasteiger partial charge in [0.2, 0.25) is 5.69 Å². The zero-order chi connectivity index (χ0) is 11.0. The second-order valence-electron chi connectivity index (χ2n) is 3.20. The maximum Gasteiger partial charge on any atom is 0.358 e. The lowest BCUT2D eigenvalue weighted by molar-refractivity contribution is 0.0653. The zero-order valence-electron chi connectivity index (χ0n) is 8.17. The molecule has 0 fully saturated rings. The number of likely N-dealkylation sites (N-methyl/N-ethyl adjacent to an activating group) is 1. The number of carbonyl (C=O) groups excluding carboxylic acids is 1. The summed E-state index contributed by atoms with van der Waals surface area (Å²) in [5.41, 5.74) is -0.186. The van der Waals surface area contributed by atoms with Crippen LogP contribution in [0.5, 0.6) is 0 Å². The van der Waals surface area contributed by atoms with E-state index in [1.54, 1.807) is 4.90 Å². The van der Waals surface area contributed by atoms with E-state index in [0.717, 1.165) is 0 Å². The number of aromatic carboxylic acids is 1. The van der Waals surface area contributed by atoms with Gasteiger partial charge in [0.1, 0.15) is 0 Å². The van der Waals surface area contributed by atoms with Crippen molar-refractivity contribution < 1.29 is 14.7 Å². The van der Waals surface area contributed by atoms with Crippen LogP contribution in [-0.4, -0.2) is 50.0 Å². The van der Waals surface area contributed by atoms with Gasteiger partial charge in [-0.3, -0.25) is 4.79 Å². The summed E-state index contributed by atoms with van der Waals surface area (Å²) < 4.78 is 1.35. The summed E-state index contributed by atoms with van der Waals surface area (Å²) >= 11 is 0. The number of aromatic nitrogens is 3. The highest BCUT2D eigenvalue weighted by molar-refractivity contribution is 6.02. The standard InChI is InChI=1S/C8H10N4O3/c1-2-11-3-4-12-6(7(11)13)5(8(14)15)9-10-12/h2-4H2,1H3,(H,14,15). The Morgan fingerprint density at radius 1 is 1.53 bits per heavy atom. The number of amides is 1. The van der Waals surface area contributed by atoms with Crippen LogP contribution in [0.4, 0.5) is 0 Å². The van der Waals surface area contributed by atoms with E-state index in [9.17, 15) is 9.59 Å². The van der Waals surface area contributed by atoms with Crippen molar-refractivity contribution in [3.63, 3.8) is 0 Å². The molecule has 1 aliphatic rings. The largest absolute Gasteiger partial charge is 0.476 e. The van der Waals surface area contributed by atoms with Crippen molar-refractivity contribution in [2.75, 3.05) is 13.1 Å². The van der Waals surface area contributed by atoms with Gasteiger partial charge in [-0.05, 0) is 6.92 Å². The Morgan fingerprint density at radius 2 is 2.27 bits per heavy atom. The average molecular weight is 210 g/mol. The number of carboxylic acid groups (broad SMARTS) is 1. The number of carbonyl (C=O) groups is 2. The summed E-state index contributed by atoms with van der Waals surface area (Å²) in [6, 6.07) is 0. The molecule has 15 heavy (non-hydrogen) atoms. The molecule has 1 aliphatic heterocycles. The van der Waals surface area contributed by atoms with Crippen molar-refractivity contribution in [2.24, 2.45) is 0 Å². The van der Waals surface area contributed by atoms with E-state index in [-0.39, 0.29) is 17.3 Å². The number of rotatable bonds is 2. The van der Waals surface area contributed by atoms with Gasteiger partial charge in [-0.25, -0.2) is 9.48 Å². The topological polar surface area (TPSA) is 88.3 Å². The minimum absolute atomic E-state index is 0.0793. The molecule has 2 heterocycles. The Kier molecular flexibility index (Phi) is 2.14. The first-order valence-electron chi connectivity index (χ1n) is 4.61. The van der Waals surface area contributed by atoms with Gasteiger partial charge in [-0.15, -0.1) is 5.10 Å². The summed E-state index contributed by atoms with van der Waals surface area (Å²) in [5, 5.41) is 15.9. The molecule has 7 nitrogen and oxygen atoms in total. The minimum atomic E-state index is -1.22. The van der Waals surface area contributed by atoms with Gasteiger partial charge in [0.05, 0.1) is 6.54 Å². The van der Waals surface area contributed by atoms with Gasteiger partial charge >= 0.3 is 5.97 Å². The van der Waals surface area contributed by atoms with E-state index in [2.05, 4.69) is 10.3 Å². The first-order chi connectivity index (χ1) is 7.15. The molecule has 0 bridgehead atoms. The van der Waals surface area contributed by atoms with Crippen LogP contribution in [0, 0.1) is 0 Å². The molecular formula is C8H10N4O3. The third kappa shape index (κ3) is 1.36. The summed E-state index contributed by atoms with van der Waals surface area (Å²) in [7, 11) is 0. The van der Waals surface area contributed by atoms with Gasteiger partial charge in [0, 0.05) is 13.1 Å². The van der Waals surface area contributed by atoms with Crippen molar-refractivity contribution >= 4 is 11.9 Å². The molecule has 0 unspecified atom stereocenters. The highest BCUT2D eigenvalue weighted by atomic mass is 16.4. The van der Waals surface area contributed by atoms with Crippen molar-refractivity contribution in [1.29, 1.82) is 0 Å². The third-order valence-corrected chi connectivity index (χ3v) is 2.39. The Balaban J connectivity index is 2.48. The second kappa shape index (κ2) is 3.34. The fourth-order valence-electron chi connectivity index (χ4n) is 1.59. The molecule has 0 saturated carbocycles. The normalized spacial score (nSPS) is 15.3. The first-order valence-corrected chi connectivity index (χ1v) is 4.61. The van der Waals surface area contributed by atoms with E-state index in [1.165, 1.54) is 4.68 Å². The van der Waals surface area contributed by atoms with E-state index in [4.69, 9.17) is 5.11 Å². The molecule has 1 aromatic heterocycles. The van der Waals surface area contributed by atoms with Crippen molar-refractivity contribution in [2.45, 2.75) is 13.5 Å². The van der Waals surface area contributed by atoms with Crippen LogP contribution >= 0.6 is 0 Å². The molecule has 0 radical (unpaired) electrons. The van der Waals surface area contributed by atoms with Gasteiger partial charge in [-0.1, -0.05) is 5.21 Å². The fourth-order valence-corrected chi connectivity index (χ4v) is 1.59. The monoisotopic (exact) mass is 210 g/mol. The Hall–Kier alpha value is -1.92. The van der Waals surface area contributed by atoms with Gasteiger partial charge in [0.25, 0.3) is 5.91 Å². The quantitative estimate of drug-likeness (QED) is 0.707.